The Morgan fingerprint density at radius 3 is 2.81 bits per heavy atom. The summed E-state index contributed by atoms with van der Waals surface area (Å²) in [6, 6.07) is 0. The van der Waals surface area contributed by atoms with E-state index in [9.17, 15) is 8.42 Å². The standard InChI is InChI=1S/C9H15ClN2O2S2/c1-7(3-10)6-16(13,14)12-5-9-11-4-8(2)15-9/h4,7,12H,3,5-6H2,1-2H3. The fourth-order valence-corrected chi connectivity index (χ4v) is 3.53. The second kappa shape index (κ2) is 5.95. The molecule has 1 unspecified atom stereocenters. The number of sulfonamides is 1. The SMILES string of the molecule is Cc1cnc(CNS(=O)(=O)CC(C)CCl)s1. The molecule has 0 aliphatic carbocycles. The fraction of sp³-hybridized carbons (Fsp3) is 0.667. The number of thiazole rings is 1. The number of nitrogens with one attached hydrogen (secondary N) is 1. The molecule has 1 N–H and O–H groups in total. The van der Waals surface area contributed by atoms with Crippen LogP contribution < -0.4 is 4.72 Å². The minimum absolute atomic E-state index is 0.0443. The van der Waals surface area contributed by atoms with E-state index in [1.165, 1.54) is 11.3 Å². The Labute approximate surface area is 105 Å². The zero-order valence-corrected chi connectivity index (χ0v) is 11.6. The van der Waals surface area contributed by atoms with Crippen LogP contribution in [0.3, 0.4) is 0 Å². The van der Waals surface area contributed by atoms with E-state index >= 15 is 0 Å². The molecule has 0 fully saturated rings. The number of hydrogen-bond acceptors (Lipinski definition) is 4. The van der Waals surface area contributed by atoms with E-state index in [1.807, 2.05) is 6.92 Å². The van der Waals surface area contributed by atoms with Gasteiger partial charge in [0.25, 0.3) is 0 Å². The molecule has 0 saturated heterocycles. The number of aromatic nitrogens is 1. The van der Waals surface area contributed by atoms with Crippen molar-refractivity contribution in [3.05, 3.63) is 16.1 Å². The Bertz CT molecular complexity index is 430. The fourth-order valence-electron chi connectivity index (χ4n) is 1.13. The first-order valence-electron chi connectivity index (χ1n) is 4.87. The summed E-state index contributed by atoms with van der Waals surface area (Å²) in [6.07, 6.45) is 1.73. The van der Waals surface area contributed by atoms with Crippen LogP contribution in [0.1, 0.15) is 16.8 Å². The first-order valence-corrected chi connectivity index (χ1v) is 7.88. The van der Waals surface area contributed by atoms with Crippen molar-refractivity contribution in [1.82, 2.24) is 9.71 Å². The summed E-state index contributed by atoms with van der Waals surface area (Å²) in [6.45, 7) is 4.00. The molecule has 1 aromatic heterocycles. The van der Waals surface area contributed by atoms with Crippen LogP contribution in [0.25, 0.3) is 0 Å². The third kappa shape index (κ3) is 4.78. The van der Waals surface area contributed by atoms with Crippen LogP contribution in [0.5, 0.6) is 0 Å². The summed E-state index contributed by atoms with van der Waals surface area (Å²) in [4.78, 5) is 5.16. The molecule has 0 amide bonds. The van der Waals surface area contributed by atoms with E-state index < -0.39 is 10.0 Å². The first-order chi connectivity index (χ1) is 7.43. The number of aryl methyl sites for hydroxylation is 1. The Balaban J connectivity index is 2.48. The Morgan fingerprint density at radius 2 is 2.31 bits per heavy atom. The van der Waals surface area contributed by atoms with E-state index in [4.69, 9.17) is 11.6 Å². The lowest BCUT2D eigenvalue weighted by Crippen LogP contribution is -2.29. The molecule has 1 heterocycles. The van der Waals surface area contributed by atoms with Crippen LogP contribution in [0, 0.1) is 12.8 Å². The summed E-state index contributed by atoms with van der Waals surface area (Å²) in [5.41, 5.74) is 0. The van der Waals surface area contributed by atoms with Crippen LogP contribution in [-0.4, -0.2) is 25.0 Å². The van der Waals surface area contributed by atoms with Crippen LogP contribution in [0.2, 0.25) is 0 Å². The van der Waals surface area contributed by atoms with Crippen LogP contribution in [-0.2, 0) is 16.6 Å². The van der Waals surface area contributed by atoms with Crippen molar-refractivity contribution < 1.29 is 8.42 Å². The number of nitrogens with zero attached hydrogens (tertiary/aromatic N) is 1. The second-order valence-corrected chi connectivity index (χ2v) is 7.21. The van der Waals surface area contributed by atoms with E-state index in [2.05, 4.69) is 9.71 Å². The molecule has 0 spiro atoms. The average molecular weight is 283 g/mol. The van der Waals surface area contributed by atoms with E-state index in [1.54, 1.807) is 13.1 Å². The van der Waals surface area contributed by atoms with Crippen LogP contribution >= 0.6 is 22.9 Å². The third-order valence-corrected chi connectivity index (χ3v) is 4.91. The molecular weight excluding hydrogens is 268 g/mol. The van der Waals surface area contributed by atoms with Gasteiger partial charge in [0.2, 0.25) is 10.0 Å². The minimum Gasteiger partial charge on any atom is -0.248 e. The maximum Gasteiger partial charge on any atom is 0.212 e. The van der Waals surface area contributed by atoms with E-state index in [0.29, 0.717) is 5.88 Å². The van der Waals surface area contributed by atoms with Gasteiger partial charge in [-0.1, -0.05) is 6.92 Å². The lowest BCUT2D eigenvalue weighted by Gasteiger charge is -2.08. The Kier molecular flexibility index (Phi) is 5.17. The summed E-state index contributed by atoms with van der Waals surface area (Å²) in [5, 5.41) is 0.777. The monoisotopic (exact) mass is 282 g/mol. The van der Waals surface area contributed by atoms with Crippen LogP contribution in [0.4, 0.5) is 0 Å². The normalized spacial score (nSPS) is 13.9. The van der Waals surface area contributed by atoms with Gasteiger partial charge in [0, 0.05) is 17.0 Å². The number of hydrogen-bond donors (Lipinski definition) is 1. The summed E-state index contributed by atoms with van der Waals surface area (Å²) in [5.74, 6) is 0.357. The molecule has 7 heteroatoms. The third-order valence-electron chi connectivity index (χ3n) is 1.88. The zero-order valence-electron chi connectivity index (χ0n) is 9.23. The van der Waals surface area contributed by atoms with Gasteiger partial charge in [-0.3, -0.25) is 0 Å². The molecule has 0 aliphatic rings. The lowest BCUT2D eigenvalue weighted by molar-refractivity contribution is 0.568. The van der Waals surface area contributed by atoms with E-state index in [-0.39, 0.29) is 18.2 Å². The summed E-state index contributed by atoms with van der Waals surface area (Å²) < 4.78 is 25.7. The van der Waals surface area contributed by atoms with Crippen molar-refractivity contribution in [2.75, 3.05) is 11.6 Å². The van der Waals surface area contributed by atoms with Gasteiger partial charge in [-0.25, -0.2) is 18.1 Å². The number of halogens is 1. The molecule has 0 aromatic carbocycles. The number of alkyl halides is 1. The Morgan fingerprint density at radius 1 is 1.62 bits per heavy atom. The predicted octanol–water partition coefficient (Wildman–Crippen LogP) is 1.75. The van der Waals surface area contributed by atoms with Gasteiger partial charge in [-0.05, 0) is 12.8 Å². The average Bonchev–Trinajstić information content (AvgIpc) is 2.61. The van der Waals surface area contributed by atoms with Crippen molar-refractivity contribution in [3.8, 4) is 0 Å². The summed E-state index contributed by atoms with van der Waals surface area (Å²) in [7, 11) is -3.25. The lowest BCUT2D eigenvalue weighted by atomic mass is 10.3. The van der Waals surface area contributed by atoms with Gasteiger partial charge in [0.05, 0.1) is 12.3 Å². The van der Waals surface area contributed by atoms with Gasteiger partial charge in [0.15, 0.2) is 0 Å². The molecule has 0 bridgehead atoms. The smallest absolute Gasteiger partial charge is 0.212 e. The maximum absolute atomic E-state index is 11.6. The highest BCUT2D eigenvalue weighted by atomic mass is 35.5. The quantitative estimate of drug-likeness (QED) is 0.809. The van der Waals surface area contributed by atoms with Crippen LogP contribution in [0.15, 0.2) is 6.20 Å². The molecule has 0 radical (unpaired) electrons. The van der Waals surface area contributed by atoms with E-state index in [0.717, 1.165) is 9.88 Å². The predicted molar refractivity (Wildman–Crippen MR) is 67.4 cm³/mol. The zero-order chi connectivity index (χ0) is 12.2. The van der Waals surface area contributed by atoms with Gasteiger partial charge in [-0.2, -0.15) is 0 Å². The highest BCUT2D eigenvalue weighted by Crippen LogP contribution is 2.11. The molecule has 1 aromatic rings. The summed E-state index contributed by atoms with van der Waals surface area (Å²) >= 11 is 7.06. The van der Waals surface area contributed by atoms with Crippen molar-refractivity contribution in [2.24, 2.45) is 5.92 Å². The van der Waals surface area contributed by atoms with Gasteiger partial charge in [0.1, 0.15) is 5.01 Å². The van der Waals surface area contributed by atoms with Crippen molar-refractivity contribution >= 4 is 33.0 Å². The van der Waals surface area contributed by atoms with Crippen molar-refractivity contribution in [3.63, 3.8) is 0 Å². The highest BCUT2D eigenvalue weighted by Gasteiger charge is 2.15. The molecule has 0 aliphatic heterocycles. The molecule has 0 saturated carbocycles. The molecule has 1 rings (SSSR count). The van der Waals surface area contributed by atoms with Crippen molar-refractivity contribution in [2.45, 2.75) is 20.4 Å². The molecule has 16 heavy (non-hydrogen) atoms. The first kappa shape index (κ1) is 13.9. The second-order valence-electron chi connectivity index (χ2n) is 3.73. The topological polar surface area (TPSA) is 59.1 Å². The highest BCUT2D eigenvalue weighted by molar-refractivity contribution is 7.89. The molecule has 4 nitrogen and oxygen atoms in total. The largest absolute Gasteiger partial charge is 0.248 e. The molecule has 92 valence electrons. The molecular formula is C9H15ClN2O2S2. The Hall–Kier alpha value is -0.170. The van der Waals surface area contributed by atoms with Gasteiger partial charge < -0.3 is 0 Å². The number of rotatable bonds is 6. The maximum atomic E-state index is 11.6. The van der Waals surface area contributed by atoms with Gasteiger partial charge in [-0.15, -0.1) is 22.9 Å². The van der Waals surface area contributed by atoms with Gasteiger partial charge >= 0.3 is 0 Å². The van der Waals surface area contributed by atoms with Crippen molar-refractivity contribution in [1.29, 1.82) is 0 Å². The minimum atomic E-state index is -3.25. The molecule has 1 atom stereocenters.